The van der Waals surface area contributed by atoms with E-state index in [4.69, 9.17) is 4.84 Å². The van der Waals surface area contributed by atoms with Gasteiger partial charge < -0.3 is 4.84 Å². The molecule has 0 saturated carbocycles. The minimum atomic E-state index is -0.779. The number of imide groups is 1. The Morgan fingerprint density at radius 3 is 2.46 bits per heavy atom. The van der Waals surface area contributed by atoms with Crippen molar-refractivity contribution in [3.8, 4) is 0 Å². The number of benzene rings is 1. The number of hydroxylamine groups is 2. The molecule has 4 rings (SSSR count). The van der Waals surface area contributed by atoms with Crippen LogP contribution in [-0.2, 0) is 16.2 Å². The zero-order valence-electron chi connectivity index (χ0n) is 12.2. The third-order valence-electron chi connectivity index (χ3n) is 3.64. The van der Waals surface area contributed by atoms with Gasteiger partial charge in [-0.15, -0.1) is 0 Å². The molecule has 0 N–H and O–H groups in total. The SMILES string of the molecule is O=C(Cn1ncc2ncccc21)ON1C(=O)c2ccccc2C1=O. The molecule has 2 aromatic heterocycles. The van der Waals surface area contributed by atoms with E-state index in [9.17, 15) is 14.4 Å². The minimum absolute atomic E-state index is 0.212. The second-order valence-corrected chi connectivity index (χ2v) is 5.12. The van der Waals surface area contributed by atoms with Gasteiger partial charge in [-0.3, -0.25) is 19.3 Å². The molecule has 0 bridgehead atoms. The number of aromatic nitrogens is 3. The number of pyridine rings is 1. The molecule has 0 fully saturated rings. The Balaban J connectivity index is 1.53. The predicted octanol–water partition coefficient (Wildman–Crippen LogP) is 1.19. The van der Waals surface area contributed by atoms with Crippen molar-refractivity contribution in [1.29, 1.82) is 0 Å². The number of rotatable bonds is 3. The van der Waals surface area contributed by atoms with Crippen molar-refractivity contribution in [3.63, 3.8) is 0 Å². The van der Waals surface area contributed by atoms with Crippen LogP contribution in [0, 0.1) is 0 Å². The first-order valence-electron chi connectivity index (χ1n) is 7.10. The molecule has 8 nitrogen and oxygen atoms in total. The monoisotopic (exact) mass is 322 g/mol. The van der Waals surface area contributed by atoms with E-state index in [-0.39, 0.29) is 17.7 Å². The Morgan fingerprint density at radius 1 is 1.04 bits per heavy atom. The zero-order valence-corrected chi connectivity index (χ0v) is 12.2. The second-order valence-electron chi connectivity index (χ2n) is 5.12. The van der Waals surface area contributed by atoms with Crippen molar-refractivity contribution in [2.45, 2.75) is 6.54 Å². The van der Waals surface area contributed by atoms with Gasteiger partial charge in [-0.2, -0.15) is 5.10 Å². The molecule has 0 atom stereocenters. The lowest BCUT2D eigenvalue weighted by atomic mass is 10.1. The third-order valence-corrected chi connectivity index (χ3v) is 3.64. The van der Waals surface area contributed by atoms with Crippen molar-refractivity contribution in [2.75, 3.05) is 0 Å². The van der Waals surface area contributed by atoms with Crippen LogP contribution in [0.3, 0.4) is 0 Å². The summed E-state index contributed by atoms with van der Waals surface area (Å²) in [7, 11) is 0. The van der Waals surface area contributed by atoms with Crippen molar-refractivity contribution in [1.82, 2.24) is 19.8 Å². The predicted molar refractivity (Wildman–Crippen MR) is 80.6 cm³/mol. The first-order valence-corrected chi connectivity index (χ1v) is 7.10. The van der Waals surface area contributed by atoms with E-state index in [2.05, 4.69) is 10.1 Å². The summed E-state index contributed by atoms with van der Waals surface area (Å²) in [6.07, 6.45) is 3.14. The molecule has 3 aromatic rings. The van der Waals surface area contributed by atoms with Gasteiger partial charge >= 0.3 is 5.97 Å². The van der Waals surface area contributed by atoms with E-state index in [1.165, 1.54) is 23.0 Å². The van der Waals surface area contributed by atoms with Crippen LogP contribution in [-0.4, -0.2) is 37.6 Å². The molecule has 2 amide bonds. The Bertz CT molecular complexity index is 959. The summed E-state index contributed by atoms with van der Waals surface area (Å²) in [6, 6.07) is 9.77. The van der Waals surface area contributed by atoms with Gasteiger partial charge in [0.1, 0.15) is 12.1 Å². The first-order chi connectivity index (χ1) is 11.6. The summed E-state index contributed by atoms with van der Waals surface area (Å²) in [5.41, 5.74) is 1.70. The number of amides is 2. The van der Waals surface area contributed by atoms with E-state index in [1.54, 1.807) is 30.5 Å². The van der Waals surface area contributed by atoms with Crippen molar-refractivity contribution < 1.29 is 19.2 Å². The van der Waals surface area contributed by atoms with Crippen LogP contribution < -0.4 is 0 Å². The Kier molecular flexibility index (Phi) is 3.09. The highest BCUT2D eigenvalue weighted by atomic mass is 16.7. The average Bonchev–Trinajstić information content (AvgIpc) is 3.11. The van der Waals surface area contributed by atoms with Gasteiger partial charge in [0.15, 0.2) is 0 Å². The highest BCUT2D eigenvalue weighted by molar-refractivity contribution is 6.20. The topological polar surface area (TPSA) is 94.4 Å². The smallest absolute Gasteiger partial charge is 0.328 e. The van der Waals surface area contributed by atoms with Gasteiger partial charge in [-0.1, -0.05) is 17.2 Å². The normalized spacial score (nSPS) is 13.4. The number of fused-ring (bicyclic) bond motifs is 2. The molecule has 0 saturated heterocycles. The molecule has 0 unspecified atom stereocenters. The second kappa shape index (κ2) is 5.27. The fraction of sp³-hybridized carbons (Fsp3) is 0.0625. The van der Waals surface area contributed by atoms with Crippen LogP contribution in [0.1, 0.15) is 20.7 Å². The first kappa shape index (κ1) is 14.1. The summed E-state index contributed by atoms with van der Waals surface area (Å²) < 4.78 is 1.39. The van der Waals surface area contributed by atoms with Crippen LogP contribution in [0.2, 0.25) is 0 Å². The molecule has 0 spiro atoms. The van der Waals surface area contributed by atoms with Gasteiger partial charge in [-0.25, -0.2) is 4.79 Å². The van der Waals surface area contributed by atoms with E-state index in [0.717, 1.165) is 0 Å². The van der Waals surface area contributed by atoms with E-state index >= 15 is 0 Å². The van der Waals surface area contributed by atoms with Crippen molar-refractivity contribution in [3.05, 3.63) is 59.9 Å². The van der Waals surface area contributed by atoms with Crippen molar-refractivity contribution >= 4 is 28.8 Å². The fourth-order valence-electron chi connectivity index (χ4n) is 2.54. The quantitative estimate of drug-likeness (QED) is 0.672. The van der Waals surface area contributed by atoms with Gasteiger partial charge in [0.2, 0.25) is 0 Å². The highest BCUT2D eigenvalue weighted by Crippen LogP contribution is 2.22. The largest absolute Gasteiger partial charge is 0.354 e. The maximum absolute atomic E-state index is 12.2. The lowest BCUT2D eigenvalue weighted by Crippen LogP contribution is -2.34. The summed E-state index contributed by atoms with van der Waals surface area (Å²) in [4.78, 5) is 45.5. The number of hydrogen-bond acceptors (Lipinski definition) is 6. The number of carbonyl (C=O) groups is 3. The molecule has 1 aromatic carbocycles. The number of hydrogen-bond donors (Lipinski definition) is 0. The molecule has 8 heteroatoms. The Morgan fingerprint density at radius 2 is 1.75 bits per heavy atom. The van der Waals surface area contributed by atoms with Crippen LogP contribution >= 0.6 is 0 Å². The van der Waals surface area contributed by atoms with Gasteiger partial charge in [0.05, 0.1) is 22.8 Å². The Labute approximate surface area is 135 Å². The lowest BCUT2D eigenvalue weighted by molar-refractivity contribution is -0.169. The maximum Gasteiger partial charge on any atom is 0.354 e. The summed E-state index contributed by atoms with van der Waals surface area (Å²) in [5, 5.41) is 4.54. The van der Waals surface area contributed by atoms with Crippen LogP contribution in [0.15, 0.2) is 48.8 Å². The summed E-state index contributed by atoms with van der Waals surface area (Å²) in [6.45, 7) is -0.247. The third kappa shape index (κ3) is 2.12. The minimum Gasteiger partial charge on any atom is -0.328 e. The standard InChI is InChI=1S/C16H10N4O4/c21-14(9-19-13-6-3-7-17-12(13)8-18-19)24-20-15(22)10-4-1-2-5-11(10)16(20)23/h1-8H,9H2. The molecular formula is C16H10N4O4. The zero-order chi connectivity index (χ0) is 16.7. The number of carbonyl (C=O) groups excluding carboxylic acids is 3. The van der Waals surface area contributed by atoms with E-state index in [1.807, 2.05) is 0 Å². The molecule has 118 valence electrons. The summed E-state index contributed by atoms with van der Waals surface area (Å²) in [5.74, 6) is -2.09. The van der Waals surface area contributed by atoms with Crippen LogP contribution in [0.4, 0.5) is 0 Å². The average molecular weight is 322 g/mol. The molecule has 0 radical (unpaired) electrons. The molecule has 0 aliphatic carbocycles. The van der Waals surface area contributed by atoms with Gasteiger partial charge in [0, 0.05) is 6.20 Å². The fourth-order valence-corrected chi connectivity index (χ4v) is 2.54. The molecule has 1 aliphatic rings. The molecule has 1 aliphatic heterocycles. The number of nitrogens with zero attached hydrogens (tertiary/aromatic N) is 4. The van der Waals surface area contributed by atoms with E-state index < -0.39 is 17.8 Å². The summed E-state index contributed by atoms with van der Waals surface area (Å²) >= 11 is 0. The molecule has 24 heavy (non-hydrogen) atoms. The van der Waals surface area contributed by atoms with Crippen LogP contribution in [0.25, 0.3) is 11.0 Å². The molecule has 3 heterocycles. The Hall–Kier alpha value is -3.55. The van der Waals surface area contributed by atoms with E-state index in [0.29, 0.717) is 16.1 Å². The lowest BCUT2D eigenvalue weighted by Gasteiger charge is -2.12. The van der Waals surface area contributed by atoms with Crippen LogP contribution in [0.5, 0.6) is 0 Å². The maximum atomic E-state index is 12.2. The van der Waals surface area contributed by atoms with Gasteiger partial charge in [0.25, 0.3) is 11.8 Å². The van der Waals surface area contributed by atoms with Gasteiger partial charge in [-0.05, 0) is 24.3 Å². The highest BCUT2D eigenvalue weighted by Gasteiger charge is 2.38. The molecular weight excluding hydrogens is 312 g/mol. The van der Waals surface area contributed by atoms with Crippen molar-refractivity contribution in [2.24, 2.45) is 0 Å².